The Morgan fingerprint density at radius 1 is 0.960 bits per heavy atom. The highest BCUT2D eigenvalue weighted by Crippen LogP contribution is 2.23. The van der Waals surface area contributed by atoms with Gasteiger partial charge in [-0.05, 0) is 49.7 Å². The van der Waals surface area contributed by atoms with E-state index in [-0.39, 0.29) is 5.02 Å². The Labute approximate surface area is 157 Å². The summed E-state index contributed by atoms with van der Waals surface area (Å²) in [6.45, 7) is 6.23. The molecule has 0 spiro atoms. The van der Waals surface area contributed by atoms with Gasteiger partial charge in [-0.3, -0.25) is 0 Å². The summed E-state index contributed by atoms with van der Waals surface area (Å²) in [5.74, 6) is -0.427. The number of nitrogens with zero attached hydrogens (tertiary/aromatic N) is 3. The molecule has 6 heteroatoms. The minimum absolute atomic E-state index is 0.155. The van der Waals surface area contributed by atoms with Crippen LogP contribution >= 0.6 is 23.2 Å². The molecule has 2 rings (SSSR count). The molecule has 0 aliphatic rings. The van der Waals surface area contributed by atoms with Crippen molar-refractivity contribution in [1.82, 2.24) is 0 Å². The van der Waals surface area contributed by atoms with E-state index in [1.54, 1.807) is 6.07 Å². The van der Waals surface area contributed by atoms with Gasteiger partial charge in [0.1, 0.15) is 18.0 Å². The summed E-state index contributed by atoms with van der Waals surface area (Å²) < 4.78 is 12.3. The van der Waals surface area contributed by atoms with Crippen molar-refractivity contribution < 1.29 is 4.39 Å². The van der Waals surface area contributed by atoms with E-state index in [0.29, 0.717) is 16.1 Å². The Hall–Kier alpha value is -2.27. The normalized spacial score (nSPS) is 9.40. The second-order valence-corrected chi connectivity index (χ2v) is 5.91. The average Bonchev–Trinajstić information content (AvgIpc) is 2.60. The van der Waals surface area contributed by atoms with E-state index >= 15 is 0 Å². The number of halogens is 3. The standard InChI is InChI=1S/C12H15ClN2.C7H3ClFN/c1-3-7-15(4-2)11-6-5-10(9-14)12(13)8-11;8-7-3-6(9)2-1-5(7)4-10/h5-6,8H,3-4,7H2,1-2H3;1-3H. The summed E-state index contributed by atoms with van der Waals surface area (Å²) in [4.78, 5) is 2.24. The van der Waals surface area contributed by atoms with E-state index in [9.17, 15) is 4.39 Å². The highest BCUT2D eigenvalue weighted by atomic mass is 35.5. The molecule has 130 valence electrons. The van der Waals surface area contributed by atoms with Crippen LogP contribution in [0.15, 0.2) is 36.4 Å². The first-order chi connectivity index (χ1) is 12.0. The number of nitriles is 2. The van der Waals surface area contributed by atoms with Crippen molar-refractivity contribution in [2.45, 2.75) is 20.3 Å². The average molecular weight is 378 g/mol. The van der Waals surface area contributed by atoms with Crippen LogP contribution in [0.4, 0.5) is 10.1 Å². The number of benzene rings is 2. The van der Waals surface area contributed by atoms with E-state index in [1.165, 1.54) is 12.1 Å². The Kier molecular flexibility index (Phi) is 8.78. The molecule has 0 N–H and O–H groups in total. The van der Waals surface area contributed by atoms with Gasteiger partial charge < -0.3 is 4.90 Å². The maximum Gasteiger partial charge on any atom is 0.124 e. The number of hydrogen-bond donors (Lipinski definition) is 0. The molecule has 0 saturated heterocycles. The number of rotatable bonds is 4. The third kappa shape index (κ3) is 6.27. The Morgan fingerprint density at radius 2 is 1.52 bits per heavy atom. The van der Waals surface area contributed by atoms with E-state index in [1.807, 2.05) is 18.2 Å². The zero-order chi connectivity index (χ0) is 18.8. The summed E-state index contributed by atoms with van der Waals surface area (Å²) in [5, 5.41) is 17.8. The molecule has 0 atom stereocenters. The first-order valence-corrected chi connectivity index (χ1v) is 8.52. The predicted molar refractivity (Wildman–Crippen MR) is 100 cm³/mol. The van der Waals surface area contributed by atoms with Crippen LogP contribution in [-0.4, -0.2) is 13.1 Å². The summed E-state index contributed by atoms with van der Waals surface area (Å²) in [5.41, 5.74) is 1.92. The third-order valence-electron chi connectivity index (χ3n) is 3.37. The van der Waals surface area contributed by atoms with Crippen molar-refractivity contribution in [3.05, 3.63) is 63.4 Å². The van der Waals surface area contributed by atoms with Gasteiger partial charge in [0.2, 0.25) is 0 Å². The Morgan fingerprint density at radius 3 is 1.96 bits per heavy atom. The number of hydrogen-bond acceptors (Lipinski definition) is 3. The van der Waals surface area contributed by atoms with Crippen molar-refractivity contribution >= 4 is 28.9 Å². The van der Waals surface area contributed by atoms with E-state index in [4.69, 9.17) is 33.7 Å². The second kappa shape index (κ2) is 10.6. The second-order valence-electron chi connectivity index (χ2n) is 5.09. The molecule has 0 aliphatic carbocycles. The zero-order valence-corrected chi connectivity index (χ0v) is 15.6. The minimum Gasteiger partial charge on any atom is -0.372 e. The molecule has 0 amide bonds. The van der Waals surface area contributed by atoms with E-state index < -0.39 is 5.82 Å². The number of anilines is 1. The molecule has 0 saturated carbocycles. The highest BCUT2D eigenvalue weighted by molar-refractivity contribution is 6.32. The molecule has 0 bridgehead atoms. The lowest BCUT2D eigenvalue weighted by Crippen LogP contribution is -2.23. The van der Waals surface area contributed by atoms with Gasteiger partial charge in [0.05, 0.1) is 21.2 Å². The topological polar surface area (TPSA) is 50.8 Å². The van der Waals surface area contributed by atoms with Crippen molar-refractivity contribution in [3.8, 4) is 12.1 Å². The van der Waals surface area contributed by atoms with Crippen LogP contribution in [0.25, 0.3) is 0 Å². The predicted octanol–water partition coefficient (Wildman–Crippen LogP) is 5.80. The summed E-state index contributed by atoms with van der Waals surface area (Å²) in [6, 6.07) is 13.1. The lowest BCUT2D eigenvalue weighted by molar-refractivity contribution is 0.628. The Bertz CT molecular complexity index is 794. The molecule has 3 nitrogen and oxygen atoms in total. The van der Waals surface area contributed by atoms with Crippen LogP contribution in [-0.2, 0) is 0 Å². The largest absolute Gasteiger partial charge is 0.372 e. The molecule has 0 aromatic heterocycles. The molecular formula is C19H18Cl2FN3. The highest BCUT2D eigenvalue weighted by Gasteiger charge is 2.06. The van der Waals surface area contributed by atoms with Gasteiger partial charge in [-0.25, -0.2) is 4.39 Å². The monoisotopic (exact) mass is 377 g/mol. The minimum atomic E-state index is -0.427. The third-order valence-corrected chi connectivity index (χ3v) is 3.99. The van der Waals surface area contributed by atoms with E-state index in [0.717, 1.165) is 31.3 Å². The summed E-state index contributed by atoms with van der Waals surface area (Å²) in [7, 11) is 0. The van der Waals surface area contributed by atoms with Crippen LogP contribution in [0.1, 0.15) is 31.4 Å². The van der Waals surface area contributed by atoms with Crippen LogP contribution < -0.4 is 4.90 Å². The molecule has 0 radical (unpaired) electrons. The van der Waals surface area contributed by atoms with E-state index in [2.05, 4.69) is 24.8 Å². The molecule has 0 fully saturated rings. The van der Waals surface area contributed by atoms with Crippen molar-refractivity contribution in [1.29, 1.82) is 10.5 Å². The summed E-state index contributed by atoms with van der Waals surface area (Å²) in [6.07, 6.45) is 1.10. The molecular weight excluding hydrogens is 360 g/mol. The van der Waals surface area contributed by atoms with Gasteiger partial charge in [0.25, 0.3) is 0 Å². The fourth-order valence-corrected chi connectivity index (χ4v) is 2.54. The van der Waals surface area contributed by atoms with Crippen molar-refractivity contribution in [3.63, 3.8) is 0 Å². The van der Waals surface area contributed by atoms with Gasteiger partial charge >= 0.3 is 0 Å². The molecule has 2 aromatic rings. The fourth-order valence-electron chi connectivity index (χ4n) is 2.11. The fraction of sp³-hybridized carbons (Fsp3) is 0.263. The molecule has 0 unspecified atom stereocenters. The molecule has 25 heavy (non-hydrogen) atoms. The Balaban J connectivity index is 0.000000271. The van der Waals surface area contributed by atoms with Crippen molar-refractivity contribution in [2.24, 2.45) is 0 Å². The SMILES string of the molecule is CCCN(CC)c1ccc(C#N)c(Cl)c1.N#Cc1ccc(F)cc1Cl. The van der Waals surface area contributed by atoms with Crippen LogP contribution in [0.3, 0.4) is 0 Å². The smallest absolute Gasteiger partial charge is 0.124 e. The van der Waals surface area contributed by atoms with Gasteiger partial charge in [-0.15, -0.1) is 0 Å². The quantitative estimate of drug-likeness (QED) is 0.676. The lowest BCUT2D eigenvalue weighted by atomic mass is 10.2. The van der Waals surface area contributed by atoms with Crippen molar-refractivity contribution in [2.75, 3.05) is 18.0 Å². The van der Waals surface area contributed by atoms with Crippen LogP contribution in [0.2, 0.25) is 10.0 Å². The summed E-state index contributed by atoms with van der Waals surface area (Å²) >= 11 is 11.4. The van der Waals surface area contributed by atoms with Gasteiger partial charge in [0.15, 0.2) is 0 Å². The maximum atomic E-state index is 12.3. The van der Waals surface area contributed by atoms with Crippen LogP contribution in [0, 0.1) is 28.5 Å². The van der Waals surface area contributed by atoms with Gasteiger partial charge in [0, 0.05) is 18.8 Å². The maximum absolute atomic E-state index is 12.3. The lowest BCUT2D eigenvalue weighted by Gasteiger charge is -2.22. The molecule has 2 aromatic carbocycles. The van der Waals surface area contributed by atoms with Gasteiger partial charge in [-0.2, -0.15) is 10.5 Å². The first-order valence-electron chi connectivity index (χ1n) is 7.76. The molecule has 0 heterocycles. The van der Waals surface area contributed by atoms with Crippen LogP contribution in [0.5, 0.6) is 0 Å². The molecule has 0 aliphatic heterocycles. The van der Waals surface area contributed by atoms with Gasteiger partial charge in [-0.1, -0.05) is 30.1 Å². The first kappa shape index (κ1) is 20.8. The zero-order valence-electron chi connectivity index (χ0n) is 14.1.